The molecule has 0 spiro atoms. The fourth-order valence-corrected chi connectivity index (χ4v) is 3.47. The quantitative estimate of drug-likeness (QED) is 0.567. The maximum Gasteiger partial charge on any atom is 0.172 e. The summed E-state index contributed by atoms with van der Waals surface area (Å²) in [4.78, 5) is 1.23. The Labute approximate surface area is 115 Å². The van der Waals surface area contributed by atoms with Gasteiger partial charge in [0, 0.05) is 10.3 Å². The van der Waals surface area contributed by atoms with E-state index >= 15 is 0 Å². The third kappa shape index (κ3) is 2.08. The standard InChI is InChI=1S/C15H17OPS/c1-14(2)10-4-5-11-15(14,17-16)12-6-8-13(18-3)9-7-12/h4-11H,1-3H3. The minimum absolute atomic E-state index is 0.140. The molecule has 0 bridgehead atoms. The van der Waals surface area contributed by atoms with Gasteiger partial charge in [-0.25, -0.2) is 0 Å². The Kier molecular flexibility index (Phi) is 3.79. The van der Waals surface area contributed by atoms with Gasteiger partial charge in [-0.05, 0) is 24.0 Å². The molecule has 0 N–H and O–H groups in total. The summed E-state index contributed by atoms with van der Waals surface area (Å²) in [5.74, 6) is 0. The van der Waals surface area contributed by atoms with E-state index in [0.717, 1.165) is 5.56 Å². The fourth-order valence-electron chi connectivity index (χ4n) is 2.35. The Balaban J connectivity index is 2.52. The van der Waals surface area contributed by atoms with Crippen molar-refractivity contribution in [1.82, 2.24) is 0 Å². The molecule has 0 saturated carbocycles. The summed E-state index contributed by atoms with van der Waals surface area (Å²) in [6.45, 7) is 4.25. The van der Waals surface area contributed by atoms with E-state index < -0.39 is 5.16 Å². The molecule has 3 heteroatoms. The van der Waals surface area contributed by atoms with Crippen LogP contribution >= 0.6 is 20.2 Å². The molecule has 2 rings (SSSR count). The molecule has 0 heterocycles. The predicted octanol–water partition coefficient (Wildman–Crippen LogP) is 5.05. The molecular weight excluding hydrogens is 259 g/mol. The van der Waals surface area contributed by atoms with E-state index in [9.17, 15) is 4.57 Å². The summed E-state index contributed by atoms with van der Waals surface area (Å²) in [5.41, 5.74) is 0.939. The zero-order chi connectivity index (χ0) is 13.2. The highest BCUT2D eigenvalue weighted by atomic mass is 32.2. The summed E-state index contributed by atoms with van der Waals surface area (Å²) in [5, 5.41) is -0.460. The Bertz CT molecular complexity index is 502. The van der Waals surface area contributed by atoms with Crippen LogP contribution in [0.15, 0.2) is 53.5 Å². The van der Waals surface area contributed by atoms with Crippen LogP contribution in [0.5, 0.6) is 0 Å². The molecule has 0 aliphatic heterocycles. The zero-order valence-corrected chi connectivity index (χ0v) is 12.6. The first-order valence-corrected chi connectivity index (χ1v) is 7.95. The van der Waals surface area contributed by atoms with Crippen LogP contribution in [0, 0.1) is 5.41 Å². The van der Waals surface area contributed by atoms with Crippen molar-refractivity contribution in [2.45, 2.75) is 23.9 Å². The van der Waals surface area contributed by atoms with Gasteiger partial charge in [-0.1, -0.05) is 50.3 Å². The molecule has 1 aromatic rings. The monoisotopic (exact) mass is 276 g/mol. The number of rotatable bonds is 3. The summed E-state index contributed by atoms with van der Waals surface area (Å²) in [6, 6.07) is 8.36. The SMILES string of the molecule is CSc1ccc(C2(P=O)C=CC=CC2(C)C)cc1. The van der Waals surface area contributed by atoms with Crippen molar-refractivity contribution >= 4 is 20.2 Å². The highest BCUT2D eigenvalue weighted by Crippen LogP contribution is 2.53. The van der Waals surface area contributed by atoms with Gasteiger partial charge >= 0.3 is 0 Å². The molecule has 1 aromatic carbocycles. The van der Waals surface area contributed by atoms with E-state index in [0.29, 0.717) is 0 Å². The van der Waals surface area contributed by atoms with Crippen molar-refractivity contribution in [2.75, 3.05) is 6.26 Å². The third-order valence-electron chi connectivity index (χ3n) is 3.62. The van der Waals surface area contributed by atoms with Gasteiger partial charge in [0.2, 0.25) is 0 Å². The van der Waals surface area contributed by atoms with Gasteiger partial charge in [-0.2, -0.15) is 0 Å². The van der Waals surface area contributed by atoms with Gasteiger partial charge in [-0.3, -0.25) is 4.57 Å². The van der Waals surface area contributed by atoms with E-state index in [4.69, 9.17) is 0 Å². The molecule has 1 nitrogen and oxygen atoms in total. The third-order valence-corrected chi connectivity index (χ3v) is 5.63. The van der Waals surface area contributed by atoms with Crippen molar-refractivity contribution in [3.8, 4) is 0 Å². The molecule has 18 heavy (non-hydrogen) atoms. The van der Waals surface area contributed by atoms with E-state index in [1.165, 1.54) is 4.90 Å². The van der Waals surface area contributed by atoms with Crippen LogP contribution in [0.3, 0.4) is 0 Å². The Morgan fingerprint density at radius 3 is 2.17 bits per heavy atom. The molecule has 0 fully saturated rings. The zero-order valence-electron chi connectivity index (χ0n) is 10.9. The van der Waals surface area contributed by atoms with E-state index in [2.05, 4.69) is 56.5 Å². The molecule has 1 aliphatic rings. The normalized spacial score (nSPS) is 25.5. The summed E-state index contributed by atoms with van der Waals surface area (Å²) >= 11 is 1.72. The van der Waals surface area contributed by atoms with Crippen molar-refractivity contribution in [3.63, 3.8) is 0 Å². The van der Waals surface area contributed by atoms with Gasteiger partial charge in [0.05, 0.1) is 0 Å². The first kappa shape index (κ1) is 13.6. The first-order valence-electron chi connectivity index (χ1n) is 5.92. The number of allylic oxidation sites excluding steroid dienone is 4. The van der Waals surface area contributed by atoms with Crippen LogP contribution in [0.4, 0.5) is 0 Å². The Morgan fingerprint density at radius 2 is 1.67 bits per heavy atom. The van der Waals surface area contributed by atoms with Crippen LogP contribution in [-0.4, -0.2) is 6.26 Å². The van der Waals surface area contributed by atoms with Crippen LogP contribution in [0.1, 0.15) is 19.4 Å². The molecule has 0 amide bonds. The predicted molar refractivity (Wildman–Crippen MR) is 79.6 cm³/mol. The molecule has 1 atom stereocenters. The summed E-state index contributed by atoms with van der Waals surface area (Å²) < 4.78 is 11.9. The van der Waals surface area contributed by atoms with Crippen LogP contribution in [-0.2, 0) is 9.72 Å². The average Bonchev–Trinajstić information content (AvgIpc) is 2.39. The van der Waals surface area contributed by atoms with Gasteiger partial charge < -0.3 is 0 Å². The highest BCUT2D eigenvalue weighted by molar-refractivity contribution is 7.98. The number of thioether (sulfide) groups is 1. The lowest BCUT2D eigenvalue weighted by atomic mass is 9.71. The lowest BCUT2D eigenvalue weighted by Crippen LogP contribution is -2.35. The summed E-state index contributed by atoms with van der Waals surface area (Å²) in [7, 11) is 0.140. The molecular formula is C15H17OPS. The lowest BCUT2D eigenvalue weighted by molar-refractivity contribution is 0.373. The first-order chi connectivity index (χ1) is 8.55. The minimum Gasteiger partial charge on any atom is -0.274 e. The van der Waals surface area contributed by atoms with Gasteiger partial charge in [0.25, 0.3) is 0 Å². The van der Waals surface area contributed by atoms with Crippen molar-refractivity contribution in [3.05, 3.63) is 54.1 Å². The van der Waals surface area contributed by atoms with Gasteiger partial charge in [0.15, 0.2) is 8.46 Å². The summed E-state index contributed by atoms with van der Waals surface area (Å²) in [6.07, 6.45) is 10.2. The number of hydrogen-bond donors (Lipinski definition) is 0. The Hall–Kier alpha value is -0.850. The van der Waals surface area contributed by atoms with Crippen molar-refractivity contribution in [2.24, 2.45) is 5.41 Å². The fraction of sp³-hybridized carbons (Fsp3) is 0.333. The van der Waals surface area contributed by atoms with E-state index in [1.807, 2.05) is 12.2 Å². The topological polar surface area (TPSA) is 17.1 Å². The van der Waals surface area contributed by atoms with Crippen molar-refractivity contribution in [1.29, 1.82) is 0 Å². The second kappa shape index (κ2) is 5.03. The molecule has 1 unspecified atom stereocenters. The second-order valence-corrected chi connectivity index (χ2v) is 6.79. The van der Waals surface area contributed by atoms with Gasteiger partial charge in [-0.15, -0.1) is 11.8 Å². The van der Waals surface area contributed by atoms with Crippen LogP contribution in [0.2, 0.25) is 0 Å². The minimum atomic E-state index is -0.460. The Morgan fingerprint density at radius 1 is 1.06 bits per heavy atom. The highest BCUT2D eigenvalue weighted by Gasteiger charge is 2.45. The number of benzene rings is 1. The molecule has 0 aromatic heterocycles. The average molecular weight is 276 g/mol. The molecule has 1 aliphatic carbocycles. The van der Waals surface area contributed by atoms with E-state index in [1.54, 1.807) is 11.8 Å². The van der Waals surface area contributed by atoms with Crippen LogP contribution < -0.4 is 0 Å². The second-order valence-electron chi connectivity index (χ2n) is 5.03. The van der Waals surface area contributed by atoms with Gasteiger partial charge in [0.1, 0.15) is 5.16 Å². The maximum absolute atomic E-state index is 11.9. The largest absolute Gasteiger partial charge is 0.274 e. The van der Waals surface area contributed by atoms with E-state index in [-0.39, 0.29) is 13.9 Å². The van der Waals surface area contributed by atoms with Crippen molar-refractivity contribution < 1.29 is 4.57 Å². The maximum atomic E-state index is 11.9. The number of hydrogen-bond acceptors (Lipinski definition) is 2. The molecule has 0 saturated heterocycles. The lowest BCUT2D eigenvalue weighted by Gasteiger charge is -2.40. The van der Waals surface area contributed by atoms with Crippen LogP contribution in [0.25, 0.3) is 0 Å². The smallest absolute Gasteiger partial charge is 0.172 e. The molecule has 0 radical (unpaired) electrons. The molecule has 94 valence electrons.